The number of fused-ring (bicyclic) bond motifs is 1. The fourth-order valence-electron chi connectivity index (χ4n) is 2.26. The minimum Gasteiger partial charge on any atom is -0.486 e. The third-order valence-electron chi connectivity index (χ3n) is 3.34. The van der Waals surface area contributed by atoms with Crippen LogP contribution in [0, 0.1) is 0 Å². The highest BCUT2D eigenvalue weighted by atomic mass is 16.6. The summed E-state index contributed by atoms with van der Waals surface area (Å²) in [6, 6.07) is 15.1. The van der Waals surface area contributed by atoms with Crippen LogP contribution in [0.4, 0.5) is 0 Å². The highest BCUT2D eigenvalue weighted by molar-refractivity contribution is 5.94. The Morgan fingerprint density at radius 2 is 1.76 bits per heavy atom. The van der Waals surface area contributed by atoms with Gasteiger partial charge in [0.05, 0.1) is 0 Å². The second kappa shape index (κ2) is 6.31. The highest BCUT2D eigenvalue weighted by Gasteiger charge is 2.11. The van der Waals surface area contributed by atoms with Crippen molar-refractivity contribution in [2.24, 2.45) is 0 Å². The van der Waals surface area contributed by atoms with Crippen molar-refractivity contribution < 1.29 is 14.3 Å². The molecule has 0 fully saturated rings. The second-order valence-electron chi connectivity index (χ2n) is 4.85. The summed E-state index contributed by atoms with van der Waals surface area (Å²) >= 11 is 0. The molecule has 0 radical (unpaired) electrons. The van der Waals surface area contributed by atoms with Crippen LogP contribution in [0.3, 0.4) is 0 Å². The van der Waals surface area contributed by atoms with E-state index < -0.39 is 0 Å². The van der Waals surface area contributed by atoms with Crippen molar-refractivity contribution in [3.8, 4) is 11.5 Å². The lowest BCUT2D eigenvalue weighted by atomic mass is 10.1. The summed E-state index contributed by atoms with van der Waals surface area (Å²) in [6.07, 6.45) is 0.759. The summed E-state index contributed by atoms with van der Waals surface area (Å²) < 4.78 is 11.0. The van der Waals surface area contributed by atoms with Crippen molar-refractivity contribution in [2.75, 3.05) is 19.8 Å². The van der Waals surface area contributed by atoms with Gasteiger partial charge >= 0.3 is 0 Å². The van der Waals surface area contributed by atoms with Gasteiger partial charge in [0, 0.05) is 12.1 Å². The number of rotatable bonds is 4. The van der Waals surface area contributed by atoms with Gasteiger partial charge in [-0.15, -0.1) is 0 Å². The molecule has 0 saturated carbocycles. The van der Waals surface area contributed by atoms with Gasteiger partial charge in [0.1, 0.15) is 13.2 Å². The van der Waals surface area contributed by atoms with Crippen molar-refractivity contribution in [1.29, 1.82) is 0 Å². The van der Waals surface area contributed by atoms with Crippen molar-refractivity contribution in [2.45, 2.75) is 6.42 Å². The summed E-state index contributed by atoms with van der Waals surface area (Å²) in [4.78, 5) is 11.9. The van der Waals surface area contributed by atoms with Crippen LogP contribution in [-0.4, -0.2) is 25.7 Å². The Morgan fingerprint density at radius 3 is 2.57 bits per heavy atom. The van der Waals surface area contributed by atoms with E-state index in [0.29, 0.717) is 25.3 Å². The number of hydrogen-bond acceptors (Lipinski definition) is 3. The summed E-state index contributed by atoms with van der Waals surface area (Å²) in [5, 5.41) is 2.92. The molecule has 0 spiro atoms. The molecule has 0 bridgehead atoms. The van der Waals surface area contributed by atoms with Gasteiger partial charge in [-0.1, -0.05) is 24.3 Å². The first-order chi connectivity index (χ1) is 10.3. The van der Waals surface area contributed by atoms with Crippen molar-refractivity contribution in [3.63, 3.8) is 0 Å². The van der Waals surface area contributed by atoms with Gasteiger partial charge in [-0.25, -0.2) is 0 Å². The number of benzene rings is 2. The Kier molecular flexibility index (Phi) is 4.05. The zero-order valence-electron chi connectivity index (χ0n) is 11.7. The summed E-state index contributed by atoms with van der Waals surface area (Å²) in [6.45, 7) is 1.77. The van der Waals surface area contributed by atoms with E-state index in [1.54, 1.807) is 12.1 Å². The average molecular weight is 283 g/mol. The Bertz CT molecular complexity index is 625. The lowest BCUT2D eigenvalue weighted by Crippen LogP contribution is -2.25. The molecule has 0 aromatic heterocycles. The quantitative estimate of drug-likeness (QED) is 0.937. The van der Waals surface area contributed by atoms with Crippen LogP contribution in [-0.2, 0) is 6.42 Å². The predicted molar refractivity (Wildman–Crippen MR) is 79.9 cm³/mol. The van der Waals surface area contributed by atoms with Gasteiger partial charge in [0.2, 0.25) is 0 Å². The Hall–Kier alpha value is -2.49. The lowest BCUT2D eigenvalue weighted by Gasteiger charge is -2.18. The molecule has 4 nitrogen and oxygen atoms in total. The topological polar surface area (TPSA) is 47.6 Å². The van der Waals surface area contributed by atoms with Crippen LogP contribution in [0.25, 0.3) is 0 Å². The molecule has 2 aromatic carbocycles. The number of ether oxygens (including phenoxy) is 2. The third kappa shape index (κ3) is 3.34. The normalized spacial score (nSPS) is 12.8. The maximum atomic E-state index is 11.9. The molecule has 1 aliphatic heterocycles. The van der Waals surface area contributed by atoms with Crippen LogP contribution in [0.5, 0.6) is 11.5 Å². The van der Waals surface area contributed by atoms with Crippen LogP contribution in [0.15, 0.2) is 48.5 Å². The van der Waals surface area contributed by atoms with E-state index in [4.69, 9.17) is 9.47 Å². The van der Waals surface area contributed by atoms with E-state index in [-0.39, 0.29) is 5.91 Å². The summed E-state index contributed by atoms with van der Waals surface area (Å²) in [5.41, 5.74) is 1.80. The highest BCUT2D eigenvalue weighted by Crippen LogP contribution is 2.30. The molecule has 1 amide bonds. The first-order valence-corrected chi connectivity index (χ1v) is 7.05. The summed E-state index contributed by atoms with van der Waals surface area (Å²) in [5.74, 6) is 1.53. The molecule has 0 atom stereocenters. The Balaban J connectivity index is 1.55. The fourth-order valence-corrected chi connectivity index (χ4v) is 2.26. The van der Waals surface area contributed by atoms with Crippen molar-refractivity contribution in [1.82, 2.24) is 5.32 Å². The monoisotopic (exact) mass is 283 g/mol. The van der Waals surface area contributed by atoms with Gasteiger partial charge in [0.25, 0.3) is 5.91 Å². The molecular weight excluding hydrogens is 266 g/mol. The van der Waals surface area contributed by atoms with E-state index >= 15 is 0 Å². The molecule has 0 unspecified atom stereocenters. The third-order valence-corrected chi connectivity index (χ3v) is 3.34. The first kappa shape index (κ1) is 13.5. The zero-order chi connectivity index (χ0) is 14.5. The SMILES string of the molecule is O=C(NCCc1ccc2c(c1)OCCO2)c1ccccc1. The van der Waals surface area contributed by atoms with Crippen LogP contribution in [0.2, 0.25) is 0 Å². The van der Waals surface area contributed by atoms with E-state index in [1.807, 2.05) is 36.4 Å². The molecule has 2 aromatic rings. The zero-order valence-corrected chi connectivity index (χ0v) is 11.7. The molecule has 108 valence electrons. The van der Waals surface area contributed by atoms with E-state index in [0.717, 1.165) is 23.5 Å². The first-order valence-electron chi connectivity index (χ1n) is 7.05. The lowest BCUT2D eigenvalue weighted by molar-refractivity contribution is 0.0954. The number of carbonyl (C=O) groups excluding carboxylic acids is 1. The molecule has 4 heteroatoms. The number of nitrogens with one attached hydrogen (secondary N) is 1. The van der Waals surface area contributed by atoms with Crippen LogP contribution < -0.4 is 14.8 Å². The maximum absolute atomic E-state index is 11.9. The van der Waals surface area contributed by atoms with E-state index in [2.05, 4.69) is 5.32 Å². The van der Waals surface area contributed by atoms with E-state index in [9.17, 15) is 4.79 Å². The van der Waals surface area contributed by atoms with Crippen LogP contribution in [0.1, 0.15) is 15.9 Å². The number of hydrogen-bond donors (Lipinski definition) is 1. The molecule has 3 rings (SSSR count). The predicted octanol–water partition coefficient (Wildman–Crippen LogP) is 2.43. The van der Waals surface area contributed by atoms with Gasteiger partial charge in [-0.3, -0.25) is 4.79 Å². The van der Waals surface area contributed by atoms with Crippen LogP contribution >= 0.6 is 0 Å². The summed E-state index contributed by atoms with van der Waals surface area (Å²) in [7, 11) is 0. The largest absolute Gasteiger partial charge is 0.486 e. The smallest absolute Gasteiger partial charge is 0.251 e. The van der Waals surface area contributed by atoms with Gasteiger partial charge < -0.3 is 14.8 Å². The van der Waals surface area contributed by atoms with Crippen molar-refractivity contribution in [3.05, 3.63) is 59.7 Å². The molecule has 1 heterocycles. The molecule has 1 N–H and O–H groups in total. The molecular formula is C17H17NO3. The van der Waals surface area contributed by atoms with E-state index in [1.165, 1.54) is 0 Å². The van der Waals surface area contributed by atoms with Crippen molar-refractivity contribution >= 4 is 5.91 Å². The van der Waals surface area contributed by atoms with Gasteiger partial charge in [0.15, 0.2) is 11.5 Å². The number of amides is 1. The average Bonchev–Trinajstić information content (AvgIpc) is 2.55. The minimum atomic E-state index is -0.0480. The minimum absolute atomic E-state index is 0.0480. The molecule has 0 aliphatic carbocycles. The molecule has 1 aliphatic rings. The molecule has 0 saturated heterocycles. The fraction of sp³-hybridized carbons (Fsp3) is 0.235. The Labute approximate surface area is 123 Å². The molecule has 21 heavy (non-hydrogen) atoms. The number of carbonyl (C=O) groups is 1. The van der Waals surface area contributed by atoms with Gasteiger partial charge in [-0.2, -0.15) is 0 Å². The second-order valence-corrected chi connectivity index (χ2v) is 4.85. The maximum Gasteiger partial charge on any atom is 0.251 e. The van der Waals surface area contributed by atoms with Gasteiger partial charge in [-0.05, 0) is 36.2 Å². The Morgan fingerprint density at radius 1 is 1.00 bits per heavy atom. The standard InChI is InChI=1S/C17H17NO3/c19-17(14-4-2-1-3-5-14)18-9-8-13-6-7-15-16(12-13)21-11-10-20-15/h1-7,12H,8-11H2,(H,18,19).